The van der Waals surface area contributed by atoms with Gasteiger partial charge in [0.05, 0.1) is 0 Å². The van der Waals surface area contributed by atoms with Gasteiger partial charge in [-0.1, -0.05) is 51.0 Å². The molecule has 184 valence electrons. The third kappa shape index (κ3) is 3.72. The quantitative estimate of drug-likeness (QED) is 0.441. The van der Waals surface area contributed by atoms with Crippen LogP contribution in [-0.4, -0.2) is 24.0 Å². The van der Waals surface area contributed by atoms with Crippen molar-refractivity contribution < 1.29 is 19.1 Å². The maximum Gasteiger partial charge on any atom is 0.344 e. The van der Waals surface area contributed by atoms with Crippen molar-refractivity contribution >= 4 is 11.8 Å². The number of carbonyl (C=O) groups is 2. The van der Waals surface area contributed by atoms with Gasteiger partial charge in [-0.2, -0.15) is 0 Å². The van der Waals surface area contributed by atoms with Gasteiger partial charge in [0.15, 0.2) is 12.4 Å². The van der Waals surface area contributed by atoms with Crippen LogP contribution >= 0.6 is 0 Å². The summed E-state index contributed by atoms with van der Waals surface area (Å²) in [6, 6.07) is 9.50. The number of esters is 1. The number of fused-ring (bicyclic) bond motifs is 5. The van der Waals surface area contributed by atoms with E-state index in [4.69, 9.17) is 9.47 Å². The molecule has 0 unspecified atom stereocenters. The van der Waals surface area contributed by atoms with Crippen LogP contribution in [0.1, 0.15) is 85.0 Å². The normalized spacial score (nSPS) is 38.9. The summed E-state index contributed by atoms with van der Waals surface area (Å²) in [5.74, 6) is 2.66. The molecule has 3 fully saturated rings. The van der Waals surface area contributed by atoms with Gasteiger partial charge >= 0.3 is 5.97 Å². The molecule has 34 heavy (non-hydrogen) atoms. The standard InChI is InChI=1S/C30H40O4/c1-4-15-30(34-27(32)20-33-23-8-6-5-7-9-23)18-14-26-24-11-10-21-19-22(31)12-16-28(21,2)25(24)13-17-29(26,30)3/h5-9,19,24-26H,4,10-18,20H2,1-3H3/t24-,25+,26+,28+,29+,30+/m1/s1. The Balaban J connectivity index is 1.35. The highest BCUT2D eigenvalue weighted by molar-refractivity contribution is 5.91. The molecular weight excluding hydrogens is 424 g/mol. The number of carbonyl (C=O) groups excluding carboxylic acids is 2. The Morgan fingerprint density at radius 2 is 1.76 bits per heavy atom. The smallest absolute Gasteiger partial charge is 0.344 e. The van der Waals surface area contributed by atoms with Crippen molar-refractivity contribution in [3.05, 3.63) is 42.0 Å². The van der Waals surface area contributed by atoms with Gasteiger partial charge in [-0.3, -0.25) is 4.79 Å². The largest absolute Gasteiger partial charge is 0.482 e. The number of rotatable bonds is 6. The highest BCUT2D eigenvalue weighted by Gasteiger charge is 2.65. The van der Waals surface area contributed by atoms with Crippen LogP contribution in [0.4, 0.5) is 0 Å². The number of para-hydroxylation sites is 1. The molecular formula is C30H40O4. The first kappa shape index (κ1) is 23.6. The van der Waals surface area contributed by atoms with Gasteiger partial charge in [-0.05, 0) is 92.7 Å². The van der Waals surface area contributed by atoms with E-state index in [1.807, 2.05) is 36.4 Å². The predicted molar refractivity (Wildman–Crippen MR) is 132 cm³/mol. The third-order valence-electron chi connectivity index (χ3n) is 10.3. The first-order valence-electron chi connectivity index (χ1n) is 13.4. The fourth-order valence-corrected chi connectivity index (χ4v) is 8.59. The molecule has 4 aliphatic carbocycles. The van der Waals surface area contributed by atoms with E-state index in [2.05, 4.69) is 20.8 Å². The summed E-state index contributed by atoms with van der Waals surface area (Å²) in [5.41, 5.74) is 1.20. The van der Waals surface area contributed by atoms with Gasteiger partial charge in [0.25, 0.3) is 0 Å². The zero-order valence-corrected chi connectivity index (χ0v) is 21.1. The molecule has 0 heterocycles. The molecule has 6 atom stereocenters. The lowest BCUT2D eigenvalue weighted by atomic mass is 9.46. The van der Waals surface area contributed by atoms with Gasteiger partial charge in [-0.15, -0.1) is 0 Å². The van der Waals surface area contributed by atoms with Crippen LogP contribution < -0.4 is 4.74 Å². The summed E-state index contributed by atoms with van der Waals surface area (Å²) in [5, 5.41) is 0. The van der Waals surface area contributed by atoms with Gasteiger partial charge in [0.2, 0.25) is 0 Å². The van der Waals surface area contributed by atoms with Gasteiger partial charge in [0, 0.05) is 11.8 Å². The van der Waals surface area contributed by atoms with Gasteiger partial charge < -0.3 is 9.47 Å². The molecule has 0 bridgehead atoms. The monoisotopic (exact) mass is 464 g/mol. The second-order valence-corrected chi connectivity index (χ2v) is 11.8. The summed E-state index contributed by atoms with van der Waals surface area (Å²) in [4.78, 5) is 25.2. The van der Waals surface area contributed by atoms with Crippen LogP contribution in [0.2, 0.25) is 0 Å². The maximum atomic E-state index is 13.0. The van der Waals surface area contributed by atoms with Crippen molar-refractivity contribution in [2.24, 2.45) is 28.6 Å². The number of hydrogen-bond acceptors (Lipinski definition) is 4. The van der Waals surface area contributed by atoms with E-state index in [-0.39, 0.29) is 23.4 Å². The Bertz CT molecular complexity index is 967. The number of hydrogen-bond donors (Lipinski definition) is 0. The third-order valence-corrected chi connectivity index (χ3v) is 10.3. The molecule has 0 aliphatic heterocycles. The Labute approximate surface area is 204 Å². The Morgan fingerprint density at radius 3 is 2.53 bits per heavy atom. The Hall–Kier alpha value is -2.10. The van der Waals surface area contributed by atoms with E-state index >= 15 is 0 Å². The summed E-state index contributed by atoms with van der Waals surface area (Å²) in [6.45, 7) is 7.01. The topological polar surface area (TPSA) is 52.6 Å². The van der Waals surface area contributed by atoms with Crippen LogP contribution in [0.15, 0.2) is 42.0 Å². The minimum absolute atomic E-state index is 0.00858. The number of benzene rings is 1. The fourth-order valence-electron chi connectivity index (χ4n) is 8.59. The lowest BCUT2D eigenvalue weighted by Gasteiger charge is -2.59. The molecule has 0 radical (unpaired) electrons. The summed E-state index contributed by atoms with van der Waals surface area (Å²) in [6.07, 6.45) is 12.2. The molecule has 0 N–H and O–H groups in total. The highest BCUT2D eigenvalue weighted by atomic mass is 16.6. The van der Waals surface area contributed by atoms with Crippen LogP contribution in [0.25, 0.3) is 0 Å². The van der Waals surface area contributed by atoms with Crippen LogP contribution in [0, 0.1) is 28.6 Å². The first-order valence-corrected chi connectivity index (χ1v) is 13.4. The summed E-state index contributed by atoms with van der Waals surface area (Å²) < 4.78 is 12.2. The van der Waals surface area contributed by atoms with Gasteiger partial charge in [0.1, 0.15) is 11.4 Å². The van der Waals surface area contributed by atoms with Crippen molar-refractivity contribution in [2.45, 2.75) is 90.6 Å². The molecule has 4 nitrogen and oxygen atoms in total. The molecule has 0 saturated heterocycles. The zero-order valence-electron chi connectivity index (χ0n) is 21.1. The van der Waals surface area contributed by atoms with Crippen LogP contribution in [-0.2, 0) is 14.3 Å². The maximum absolute atomic E-state index is 13.0. The molecule has 4 heteroatoms. The number of ether oxygens (including phenoxy) is 2. The minimum atomic E-state index is -0.395. The van der Waals surface area contributed by atoms with E-state index in [0.29, 0.717) is 35.7 Å². The fraction of sp³-hybridized carbons (Fsp3) is 0.667. The molecule has 5 rings (SSSR count). The average Bonchev–Trinajstić information content (AvgIpc) is 3.11. The molecule has 1 aromatic carbocycles. The molecule has 0 amide bonds. The summed E-state index contributed by atoms with van der Waals surface area (Å²) in [7, 11) is 0. The molecule has 4 aliphatic rings. The lowest BCUT2D eigenvalue weighted by Crippen LogP contribution is -2.56. The van der Waals surface area contributed by atoms with E-state index in [9.17, 15) is 9.59 Å². The molecule has 1 aromatic rings. The Kier molecular flexibility index (Phi) is 6.14. The van der Waals surface area contributed by atoms with Crippen molar-refractivity contribution in [2.75, 3.05) is 6.61 Å². The van der Waals surface area contributed by atoms with Crippen molar-refractivity contribution in [1.82, 2.24) is 0 Å². The van der Waals surface area contributed by atoms with Gasteiger partial charge in [-0.25, -0.2) is 4.79 Å². The average molecular weight is 465 g/mol. The second kappa shape index (κ2) is 8.84. The van der Waals surface area contributed by atoms with E-state index in [1.54, 1.807) is 0 Å². The SMILES string of the molecule is CCC[C@]1(OC(=O)COc2ccccc2)CC[C@H]2[C@@H]3CCC4=CC(=O)CC[C@]4(C)[C@H]3CC[C@@]21C. The molecule has 3 saturated carbocycles. The minimum Gasteiger partial charge on any atom is -0.482 e. The van der Waals surface area contributed by atoms with E-state index in [1.165, 1.54) is 18.4 Å². The van der Waals surface area contributed by atoms with Crippen molar-refractivity contribution in [3.63, 3.8) is 0 Å². The summed E-state index contributed by atoms with van der Waals surface area (Å²) >= 11 is 0. The van der Waals surface area contributed by atoms with E-state index < -0.39 is 5.60 Å². The molecule has 0 spiro atoms. The second-order valence-electron chi connectivity index (χ2n) is 11.8. The predicted octanol–water partition coefficient (Wildman–Crippen LogP) is 6.68. The number of ketones is 1. The van der Waals surface area contributed by atoms with Crippen molar-refractivity contribution in [3.8, 4) is 5.75 Å². The van der Waals surface area contributed by atoms with Crippen molar-refractivity contribution in [1.29, 1.82) is 0 Å². The lowest BCUT2D eigenvalue weighted by molar-refractivity contribution is -0.188. The highest BCUT2D eigenvalue weighted by Crippen LogP contribution is 2.69. The van der Waals surface area contributed by atoms with Crippen LogP contribution in [0.5, 0.6) is 5.75 Å². The van der Waals surface area contributed by atoms with Crippen LogP contribution in [0.3, 0.4) is 0 Å². The Morgan fingerprint density at radius 1 is 1.00 bits per heavy atom. The zero-order chi connectivity index (χ0) is 24.0. The van der Waals surface area contributed by atoms with E-state index in [0.717, 1.165) is 44.9 Å². The number of allylic oxidation sites excluding steroid dienone is 1. The molecule has 0 aromatic heterocycles. The first-order chi connectivity index (χ1) is 16.3.